The second-order valence-electron chi connectivity index (χ2n) is 5.29. The van der Waals surface area contributed by atoms with E-state index in [4.69, 9.17) is 15.2 Å². The second-order valence-corrected chi connectivity index (χ2v) is 5.29. The molecule has 3 atom stereocenters. The van der Waals surface area contributed by atoms with Crippen molar-refractivity contribution in [2.24, 2.45) is 5.73 Å². The van der Waals surface area contributed by atoms with E-state index in [1.165, 1.54) is 5.56 Å². The monoisotopic (exact) mass is 249 g/mol. The van der Waals surface area contributed by atoms with Gasteiger partial charge in [-0.3, -0.25) is 0 Å². The van der Waals surface area contributed by atoms with E-state index in [1.54, 1.807) is 0 Å². The zero-order chi connectivity index (χ0) is 13.1. The van der Waals surface area contributed by atoms with E-state index in [0.29, 0.717) is 12.7 Å². The molecule has 0 aromatic heterocycles. The average Bonchev–Trinajstić information content (AvgIpc) is 2.72. The summed E-state index contributed by atoms with van der Waals surface area (Å²) in [6.45, 7) is 6.77. The Balaban J connectivity index is 2.01. The predicted octanol–water partition coefficient (Wildman–Crippen LogP) is 2.96. The van der Waals surface area contributed by atoms with Gasteiger partial charge in [0.15, 0.2) is 0 Å². The maximum Gasteiger partial charge on any atom is 0.124 e. The summed E-state index contributed by atoms with van der Waals surface area (Å²) in [5.41, 5.74) is 8.21. The van der Waals surface area contributed by atoms with E-state index in [1.807, 2.05) is 13.0 Å². The molecule has 0 amide bonds. The minimum Gasteiger partial charge on any atom is -0.491 e. The number of nitrogens with two attached hydrogens (primary N) is 1. The molecule has 1 aromatic carbocycles. The molecule has 0 aliphatic carbocycles. The minimum atomic E-state index is -0.0102. The van der Waals surface area contributed by atoms with Crippen molar-refractivity contribution < 1.29 is 9.47 Å². The molecule has 3 nitrogen and oxygen atoms in total. The van der Waals surface area contributed by atoms with Crippen molar-refractivity contribution in [1.29, 1.82) is 0 Å². The Hall–Kier alpha value is -1.06. The van der Waals surface area contributed by atoms with Crippen LogP contribution in [0.15, 0.2) is 18.2 Å². The predicted molar refractivity (Wildman–Crippen MR) is 72.8 cm³/mol. The zero-order valence-electron chi connectivity index (χ0n) is 11.5. The van der Waals surface area contributed by atoms with E-state index in [2.05, 4.69) is 26.0 Å². The van der Waals surface area contributed by atoms with Gasteiger partial charge in [0.05, 0.1) is 12.2 Å². The van der Waals surface area contributed by atoms with Gasteiger partial charge in [-0.1, -0.05) is 12.1 Å². The first-order valence-electron chi connectivity index (χ1n) is 6.70. The summed E-state index contributed by atoms with van der Waals surface area (Å²) in [7, 11) is 0. The van der Waals surface area contributed by atoms with Crippen LogP contribution in [0.3, 0.4) is 0 Å². The van der Waals surface area contributed by atoms with Gasteiger partial charge >= 0.3 is 0 Å². The van der Waals surface area contributed by atoms with Gasteiger partial charge in [-0.05, 0) is 45.2 Å². The lowest BCUT2D eigenvalue weighted by Gasteiger charge is -2.17. The van der Waals surface area contributed by atoms with Crippen LogP contribution in [0.5, 0.6) is 5.75 Å². The molecule has 0 bridgehead atoms. The first kappa shape index (κ1) is 13.4. The van der Waals surface area contributed by atoms with E-state index in [-0.39, 0.29) is 12.1 Å². The highest BCUT2D eigenvalue weighted by molar-refractivity contribution is 5.38. The fourth-order valence-corrected chi connectivity index (χ4v) is 2.33. The van der Waals surface area contributed by atoms with E-state index in [0.717, 1.165) is 24.2 Å². The molecule has 1 heterocycles. The number of benzene rings is 1. The van der Waals surface area contributed by atoms with Crippen molar-refractivity contribution in [1.82, 2.24) is 0 Å². The van der Waals surface area contributed by atoms with Crippen LogP contribution >= 0.6 is 0 Å². The summed E-state index contributed by atoms with van der Waals surface area (Å²) in [5.74, 6) is 0.896. The van der Waals surface area contributed by atoms with Gasteiger partial charge in [0, 0.05) is 11.6 Å². The molecule has 1 aromatic rings. The van der Waals surface area contributed by atoms with E-state index in [9.17, 15) is 0 Å². The number of ether oxygens (including phenoxy) is 2. The third-order valence-corrected chi connectivity index (χ3v) is 3.40. The second kappa shape index (κ2) is 5.72. The van der Waals surface area contributed by atoms with E-state index >= 15 is 0 Å². The van der Waals surface area contributed by atoms with Gasteiger partial charge in [0.1, 0.15) is 12.4 Å². The minimum absolute atomic E-state index is 0.0102. The Kier molecular flexibility index (Phi) is 4.25. The molecule has 0 radical (unpaired) electrons. The third-order valence-electron chi connectivity index (χ3n) is 3.40. The van der Waals surface area contributed by atoms with Gasteiger partial charge in [-0.15, -0.1) is 0 Å². The van der Waals surface area contributed by atoms with Crippen LogP contribution in [-0.2, 0) is 4.74 Å². The Morgan fingerprint density at radius 2 is 2.22 bits per heavy atom. The highest BCUT2D eigenvalue weighted by Crippen LogP contribution is 2.27. The standard InChI is InChI=1S/C15H23NO2/c1-10-4-7-14(12(3)16)15(8-10)17-9-13-6-5-11(2)18-13/h4,7-8,11-13H,5-6,9,16H2,1-3H3/t11?,12-,13?/m1/s1. The zero-order valence-corrected chi connectivity index (χ0v) is 11.5. The first-order chi connectivity index (χ1) is 8.56. The van der Waals surface area contributed by atoms with Crippen LogP contribution < -0.4 is 10.5 Å². The van der Waals surface area contributed by atoms with Crippen LogP contribution in [0.1, 0.15) is 43.9 Å². The summed E-state index contributed by atoms with van der Waals surface area (Å²) in [5, 5.41) is 0. The van der Waals surface area contributed by atoms with Crippen molar-refractivity contribution in [3.05, 3.63) is 29.3 Å². The van der Waals surface area contributed by atoms with Crippen LogP contribution in [0.25, 0.3) is 0 Å². The number of rotatable bonds is 4. The normalized spacial score (nSPS) is 25.1. The highest BCUT2D eigenvalue weighted by atomic mass is 16.5. The lowest BCUT2D eigenvalue weighted by atomic mass is 10.1. The molecular weight excluding hydrogens is 226 g/mol. The van der Waals surface area contributed by atoms with E-state index < -0.39 is 0 Å². The molecule has 0 spiro atoms. The molecule has 1 aliphatic heterocycles. The third kappa shape index (κ3) is 3.24. The first-order valence-corrected chi connectivity index (χ1v) is 6.70. The molecule has 2 N–H and O–H groups in total. The summed E-state index contributed by atoms with van der Waals surface area (Å²) < 4.78 is 11.7. The maximum absolute atomic E-state index is 5.96. The SMILES string of the molecule is Cc1ccc([C@@H](C)N)c(OCC2CCC(C)O2)c1. The summed E-state index contributed by atoms with van der Waals surface area (Å²) in [6, 6.07) is 6.16. The van der Waals surface area contributed by atoms with Gasteiger partial charge in [0.25, 0.3) is 0 Å². The molecule has 2 unspecified atom stereocenters. The average molecular weight is 249 g/mol. The molecule has 2 rings (SSSR count). The highest BCUT2D eigenvalue weighted by Gasteiger charge is 2.22. The molecule has 100 valence electrons. The summed E-state index contributed by atoms with van der Waals surface area (Å²) in [4.78, 5) is 0. The van der Waals surface area contributed by atoms with Gasteiger partial charge < -0.3 is 15.2 Å². The van der Waals surface area contributed by atoms with Crippen molar-refractivity contribution in [2.75, 3.05) is 6.61 Å². The molecule has 0 saturated carbocycles. The van der Waals surface area contributed by atoms with Crippen LogP contribution in [0.4, 0.5) is 0 Å². The lowest BCUT2D eigenvalue weighted by molar-refractivity contribution is 0.0262. The Morgan fingerprint density at radius 3 is 2.83 bits per heavy atom. The lowest BCUT2D eigenvalue weighted by Crippen LogP contribution is -2.19. The fraction of sp³-hybridized carbons (Fsp3) is 0.600. The Bertz CT molecular complexity index is 403. The Labute approximate surface area is 109 Å². The molecule has 3 heteroatoms. The van der Waals surface area contributed by atoms with Crippen molar-refractivity contribution in [2.45, 2.75) is 51.9 Å². The number of hydrogen-bond donors (Lipinski definition) is 1. The van der Waals surface area contributed by atoms with Gasteiger partial charge in [-0.2, -0.15) is 0 Å². The summed E-state index contributed by atoms with van der Waals surface area (Å²) in [6.07, 6.45) is 2.80. The maximum atomic E-state index is 5.96. The van der Waals surface area contributed by atoms with Crippen LogP contribution in [0.2, 0.25) is 0 Å². The van der Waals surface area contributed by atoms with Crippen LogP contribution in [0, 0.1) is 6.92 Å². The number of hydrogen-bond acceptors (Lipinski definition) is 3. The van der Waals surface area contributed by atoms with Crippen molar-refractivity contribution in [3.8, 4) is 5.75 Å². The molecule has 1 saturated heterocycles. The molecule has 1 fully saturated rings. The molecule has 18 heavy (non-hydrogen) atoms. The fourth-order valence-electron chi connectivity index (χ4n) is 2.33. The van der Waals surface area contributed by atoms with Gasteiger partial charge in [0.2, 0.25) is 0 Å². The quantitative estimate of drug-likeness (QED) is 0.892. The van der Waals surface area contributed by atoms with Gasteiger partial charge in [-0.25, -0.2) is 0 Å². The summed E-state index contributed by atoms with van der Waals surface area (Å²) >= 11 is 0. The number of aryl methyl sites for hydroxylation is 1. The largest absolute Gasteiger partial charge is 0.491 e. The van der Waals surface area contributed by atoms with Crippen LogP contribution in [-0.4, -0.2) is 18.8 Å². The molecular formula is C15H23NO2. The van der Waals surface area contributed by atoms with Crippen molar-refractivity contribution >= 4 is 0 Å². The Morgan fingerprint density at radius 1 is 1.44 bits per heavy atom. The smallest absolute Gasteiger partial charge is 0.124 e. The topological polar surface area (TPSA) is 44.5 Å². The molecule has 1 aliphatic rings. The van der Waals surface area contributed by atoms with Crippen molar-refractivity contribution in [3.63, 3.8) is 0 Å².